The van der Waals surface area contributed by atoms with Crippen molar-refractivity contribution in [3.05, 3.63) is 0 Å². The van der Waals surface area contributed by atoms with Crippen LogP contribution in [0.15, 0.2) is 5.16 Å². The molecule has 0 aromatic carbocycles. The van der Waals surface area contributed by atoms with Gasteiger partial charge in [-0.25, -0.2) is 0 Å². The van der Waals surface area contributed by atoms with Crippen LogP contribution < -0.4 is 0 Å². The number of carbonyl (C=O) groups excluding carboxylic acids is 1. The van der Waals surface area contributed by atoms with Gasteiger partial charge in [-0.15, -0.1) is 0 Å². The smallest absolute Gasteiger partial charge is 0.137 e. The minimum Gasteiger partial charge on any atom is -0.399 e. The van der Waals surface area contributed by atoms with Crippen LogP contribution in [0, 0.1) is 34.5 Å². The van der Waals surface area contributed by atoms with Gasteiger partial charge in [0.15, 0.2) is 0 Å². The van der Waals surface area contributed by atoms with Crippen LogP contribution in [0.1, 0.15) is 65.2 Å². The largest absolute Gasteiger partial charge is 0.399 e. The van der Waals surface area contributed by atoms with E-state index < -0.39 is 0 Å². The molecular weight excluding hydrogens is 302 g/mol. The van der Waals surface area contributed by atoms with E-state index in [4.69, 9.17) is 4.84 Å². The number of nitrogens with zero attached hydrogens (tertiary/aromatic N) is 1. The third kappa shape index (κ3) is 2.14. The molecule has 4 fully saturated rings. The van der Waals surface area contributed by atoms with Gasteiger partial charge in [-0.05, 0) is 68.1 Å². The Morgan fingerprint density at radius 2 is 2.00 bits per heavy atom. The first-order chi connectivity index (χ1) is 11.4. The highest BCUT2D eigenvalue weighted by atomic mass is 16.6. The number of aliphatic hydroxyl groups excluding tert-OH is 1. The Balaban J connectivity index is 1.68. The van der Waals surface area contributed by atoms with E-state index in [9.17, 15) is 9.90 Å². The molecule has 0 unspecified atom stereocenters. The summed E-state index contributed by atoms with van der Waals surface area (Å²) in [4.78, 5) is 18.4. The number of carbonyl (C=O) groups is 1. The molecule has 4 nitrogen and oxygen atoms in total. The molecule has 0 aliphatic heterocycles. The quantitative estimate of drug-likeness (QED) is 0.746. The van der Waals surface area contributed by atoms with Gasteiger partial charge in [0.2, 0.25) is 0 Å². The monoisotopic (exact) mass is 333 g/mol. The van der Waals surface area contributed by atoms with Gasteiger partial charge in [-0.1, -0.05) is 19.0 Å². The lowest BCUT2D eigenvalue weighted by molar-refractivity contribution is -0.156. The summed E-state index contributed by atoms with van der Waals surface area (Å²) in [6, 6.07) is 0. The maximum Gasteiger partial charge on any atom is 0.137 e. The van der Waals surface area contributed by atoms with E-state index in [-0.39, 0.29) is 22.9 Å². The van der Waals surface area contributed by atoms with Gasteiger partial charge in [-0.2, -0.15) is 0 Å². The third-order valence-corrected chi connectivity index (χ3v) is 8.27. The summed E-state index contributed by atoms with van der Waals surface area (Å²) in [6.07, 6.45) is 7.68. The maximum atomic E-state index is 13.3. The lowest BCUT2D eigenvalue weighted by atomic mass is 9.45. The van der Waals surface area contributed by atoms with Gasteiger partial charge in [0.25, 0.3) is 0 Å². The summed E-state index contributed by atoms with van der Waals surface area (Å²) >= 11 is 0. The molecule has 7 atom stereocenters. The lowest BCUT2D eigenvalue weighted by Gasteiger charge is -2.59. The van der Waals surface area contributed by atoms with Crippen molar-refractivity contribution < 1.29 is 14.7 Å². The van der Waals surface area contributed by atoms with Crippen LogP contribution in [0.25, 0.3) is 0 Å². The Hall–Kier alpha value is -0.900. The zero-order valence-corrected chi connectivity index (χ0v) is 15.3. The molecule has 0 heterocycles. The van der Waals surface area contributed by atoms with Crippen molar-refractivity contribution in [1.82, 2.24) is 0 Å². The normalized spacial score (nSPS) is 52.6. The van der Waals surface area contributed by atoms with Crippen molar-refractivity contribution in [3.63, 3.8) is 0 Å². The molecule has 4 aliphatic carbocycles. The van der Waals surface area contributed by atoms with Crippen LogP contribution in [0.3, 0.4) is 0 Å². The molecule has 0 amide bonds. The fourth-order valence-corrected chi connectivity index (χ4v) is 7.11. The number of hydrogen-bond acceptors (Lipinski definition) is 4. The predicted molar refractivity (Wildman–Crippen MR) is 92.6 cm³/mol. The molecule has 0 saturated heterocycles. The molecule has 4 heteroatoms. The summed E-state index contributed by atoms with van der Waals surface area (Å²) in [5.41, 5.74) is 1.11. The summed E-state index contributed by atoms with van der Waals surface area (Å²) < 4.78 is 0. The van der Waals surface area contributed by atoms with Crippen LogP contribution >= 0.6 is 0 Å². The second-order valence-corrected chi connectivity index (χ2v) is 9.28. The number of hydrogen-bond donors (Lipinski definition) is 1. The van der Waals surface area contributed by atoms with Crippen LogP contribution in [-0.2, 0) is 9.63 Å². The number of fused-ring (bicyclic) bond motifs is 5. The first kappa shape index (κ1) is 16.6. The fourth-order valence-electron chi connectivity index (χ4n) is 7.11. The van der Waals surface area contributed by atoms with Crippen molar-refractivity contribution in [1.29, 1.82) is 0 Å². The number of ketones is 1. The van der Waals surface area contributed by atoms with E-state index in [1.54, 1.807) is 7.11 Å². The second kappa shape index (κ2) is 5.55. The molecule has 24 heavy (non-hydrogen) atoms. The minimum atomic E-state index is -0.157. The van der Waals surface area contributed by atoms with E-state index in [1.807, 2.05) is 0 Å². The van der Waals surface area contributed by atoms with Gasteiger partial charge >= 0.3 is 0 Å². The predicted octanol–water partition coefficient (Wildman–Crippen LogP) is 3.57. The van der Waals surface area contributed by atoms with Crippen LogP contribution in [0.2, 0.25) is 0 Å². The summed E-state index contributed by atoms with van der Waals surface area (Å²) in [7, 11) is 1.61. The van der Waals surface area contributed by atoms with Crippen molar-refractivity contribution in [2.45, 2.75) is 71.3 Å². The van der Waals surface area contributed by atoms with E-state index in [2.05, 4.69) is 19.0 Å². The molecule has 4 rings (SSSR count). The zero-order valence-electron chi connectivity index (χ0n) is 15.3. The first-order valence-corrected chi connectivity index (χ1v) is 9.71. The number of oxime groups is 1. The topological polar surface area (TPSA) is 58.9 Å². The van der Waals surface area contributed by atoms with Crippen molar-refractivity contribution in [2.24, 2.45) is 39.7 Å². The highest BCUT2D eigenvalue weighted by molar-refractivity contribution is 5.98. The van der Waals surface area contributed by atoms with Crippen molar-refractivity contribution in [3.8, 4) is 0 Å². The molecule has 0 radical (unpaired) electrons. The van der Waals surface area contributed by atoms with Gasteiger partial charge < -0.3 is 9.94 Å². The highest BCUT2D eigenvalue weighted by Crippen LogP contribution is 2.64. The molecule has 0 aromatic heterocycles. The third-order valence-electron chi connectivity index (χ3n) is 8.27. The Labute approximate surface area is 145 Å². The van der Waals surface area contributed by atoms with E-state index >= 15 is 0 Å². The van der Waals surface area contributed by atoms with Crippen LogP contribution in [0.4, 0.5) is 0 Å². The Morgan fingerprint density at radius 3 is 2.75 bits per heavy atom. The number of Topliss-reactive ketones (excluding diaryl/α,β-unsaturated/α-hetero) is 1. The molecule has 0 aromatic rings. The molecule has 0 spiro atoms. The Morgan fingerprint density at radius 1 is 1.21 bits per heavy atom. The molecule has 0 bridgehead atoms. The molecule has 4 aliphatic rings. The Bertz CT molecular complexity index is 573. The highest BCUT2D eigenvalue weighted by Gasteiger charge is 2.62. The minimum absolute atomic E-state index is 0.0916. The number of rotatable bonds is 1. The van der Waals surface area contributed by atoms with Gasteiger partial charge in [0.1, 0.15) is 12.9 Å². The Kier molecular flexibility index (Phi) is 3.83. The molecular formula is C20H31NO3. The van der Waals surface area contributed by atoms with E-state index in [0.717, 1.165) is 44.2 Å². The SMILES string of the molecule is CO/N=C1\CC[C@H]2[C@@H]3CC[C@@H]4C[C@H](O)CC[C@]4(C)[C@H]3C(=O)C[C@]12C. The fraction of sp³-hybridized carbons (Fsp3) is 0.900. The second-order valence-electron chi connectivity index (χ2n) is 9.28. The van der Waals surface area contributed by atoms with Crippen molar-refractivity contribution >= 4 is 11.5 Å². The van der Waals surface area contributed by atoms with E-state index in [1.165, 1.54) is 6.42 Å². The molecule has 4 saturated carbocycles. The van der Waals surface area contributed by atoms with Gasteiger partial charge in [0.05, 0.1) is 11.8 Å². The van der Waals surface area contributed by atoms with Gasteiger partial charge in [-0.3, -0.25) is 4.79 Å². The molecule has 134 valence electrons. The maximum absolute atomic E-state index is 13.3. The molecule has 1 N–H and O–H groups in total. The standard InChI is InChI=1S/C20H31NO3/c1-19-9-8-13(22)10-12(19)4-5-14-15-6-7-17(21-24-3)20(15,2)11-16(23)18(14)19/h12-15,18,22H,4-11H2,1-3H3/b21-17+/t12-,13-,14+,15+,18-,19+,20+/m1/s1. The number of aliphatic hydroxyl groups is 1. The summed E-state index contributed by atoms with van der Waals surface area (Å²) in [6.45, 7) is 4.59. The average molecular weight is 333 g/mol. The lowest BCUT2D eigenvalue weighted by Crippen LogP contribution is -2.57. The van der Waals surface area contributed by atoms with Crippen LogP contribution in [0.5, 0.6) is 0 Å². The van der Waals surface area contributed by atoms with E-state index in [0.29, 0.717) is 30.0 Å². The summed E-state index contributed by atoms with van der Waals surface area (Å²) in [5.74, 6) is 2.23. The van der Waals surface area contributed by atoms with Crippen molar-refractivity contribution in [2.75, 3.05) is 7.11 Å². The average Bonchev–Trinajstić information content (AvgIpc) is 2.84. The summed E-state index contributed by atoms with van der Waals surface area (Å²) in [5, 5.41) is 14.4. The first-order valence-electron chi connectivity index (χ1n) is 9.71. The van der Waals surface area contributed by atoms with Gasteiger partial charge in [0, 0.05) is 17.8 Å². The zero-order chi connectivity index (χ0) is 17.1. The van der Waals surface area contributed by atoms with Crippen LogP contribution in [-0.4, -0.2) is 29.8 Å².